The molecule has 0 amide bonds. The fourth-order valence-electron chi connectivity index (χ4n) is 1.28. The van der Waals surface area contributed by atoms with E-state index in [2.05, 4.69) is 11.3 Å². The maximum absolute atomic E-state index is 10.7. The third kappa shape index (κ3) is 4.28. The van der Waals surface area contributed by atoms with Crippen LogP contribution < -0.4 is 0 Å². The zero-order valence-electron chi connectivity index (χ0n) is 8.87. The molecular formula is C10H16O6. The molecule has 0 spiro atoms. The van der Waals surface area contributed by atoms with Gasteiger partial charge in [0.2, 0.25) is 0 Å². The van der Waals surface area contributed by atoms with Gasteiger partial charge in [-0.15, -0.1) is 0 Å². The molecule has 0 aliphatic carbocycles. The molecule has 2 N–H and O–H groups in total. The van der Waals surface area contributed by atoms with Crippen LogP contribution in [0.25, 0.3) is 0 Å². The van der Waals surface area contributed by atoms with E-state index in [9.17, 15) is 9.90 Å². The van der Waals surface area contributed by atoms with Crippen LogP contribution in [0.15, 0.2) is 12.7 Å². The van der Waals surface area contributed by atoms with Crippen LogP contribution in [0.1, 0.15) is 12.8 Å². The molecular weight excluding hydrogens is 216 g/mol. The third-order valence-electron chi connectivity index (χ3n) is 2.09. The number of esters is 1. The first-order chi connectivity index (χ1) is 7.63. The Hall–Kier alpha value is -0.950. The minimum Gasteiger partial charge on any atom is -0.460 e. The van der Waals surface area contributed by atoms with Crippen molar-refractivity contribution in [2.24, 2.45) is 0 Å². The molecule has 0 radical (unpaired) electrons. The van der Waals surface area contributed by atoms with E-state index in [1.807, 2.05) is 0 Å². The summed E-state index contributed by atoms with van der Waals surface area (Å²) >= 11 is 0. The average Bonchev–Trinajstić information content (AvgIpc) is 2.28. The van der Waals surface area contributed by atoms with Gasteiger partial charge in [-0.05, 0) is 6.42 Å². The van der Waals surface area contributed by atoms with Crippen molar-refractivity contribution >= 4 is 5.97 Å². The molecule has 0 bridgehead atoms. The lowest BCUT2D eigenvalue weighted by molar-refractivity contribution is -0.286. The van der Waals surface area contributed by atoms with E-state index in [4.69, 9.17) is 14.6 Å². The molecule has 1 heterocycles. The zero-order chi connectivity index (χ0) is 12.0. The summed E-state index contributed by atoms with van der Waals surface area (Å²) in [5.74, 6) is -0.534. The van der Waals surface area contributed by atoms with Gasteiger partial charge >= 0.3 is 5.97 Å². The largest absolute Gasteiger partial charge is 0.460 e. The molecule has 92 valence electrons. The Morgan fingerprint density at radius 2 is 2.19 bits per heavy atom. The Kier molecular flexibility index (Phi) is 5.41. The van der Waals surface area contributed by atoms with Crippen molar-refractivity contribution in [3.05, 3.63) is 12.7 Å². The number of rotatable bonds is 5. The number of carbonyl (C=O) groups excluding carboxylic acids is 1. The standard InChI is InChI=1S/C10H16O6/c1-2-8(12)14-5-6-15-10-7(11)3-4-9(13)16-10/h2,7,9-11,13H,1,3-6H2. The summed E-state index contributed by atoms with van der Waals surface area (Å²) < 4.78 is 14.7. The van der Waals surface area contributed by atoms with Gasteiger partial charge in [0.15, 0.2) is 12.6 Å². The van der Waals surface area contributed by atoms with Gasteiger partial charge in [0.1, 0.15) is 12.7 Å². The minimum absolute atomic E-state index is 0.0491. The van der Waals surface area contributed by atoms with E-state index >= 15 is 0 Å². The third-order valence-corrected chi connectivity index (χ3v) is 2.09. The van der Waals surface area contributed by atoms with Crippen LogP contribution in [-0.4, -0.2) is 48.1 Å². The van der Waals surface area contributed by atoms with Crippen molar-refractivity contribution in [1.29, 1.82) is 0 Å². The van der Waals surface area contributed by atoms with E-state index < -0.39 is 24.7 Å². The minimum atomic E-state index is -0.913. The summed E-state index contributed by atoms with van der Waals surface area (Å²) in [5.41, 5.74) is 0. The maximum Gasteiger partial charge on any atom is 0.330 e. The van der Waals surface area contributed by atoms with Gasteiger partial charge in [0.25, 0.3) is 0 Å². The molecule has 3 atom stereocenters. The maximum atomic E-state index is 10.7. The lowest BCUT2D eigenvalue weighted by Crippen LogP contribution is -2.41. The van der Waals surface area contributed by atoms with Gasteiger partial charge in [-0.1, -0.05) is 6.58 Å². The summed E-state index contributed by atoms with van der Waals surface area (Å²) in [7, 11) is 0. The second-order valence-corrected chi connectivity index (χ2v) is 3.35. The monoisotopic (exact) mass is 232 g/mol. The molecule has 16 heavy (non-hydrogen) atoms. The number of hydrogen-bond donors (Lipinski definition) is 2. The molecule has 1 aliphatic rings. The first-order valence-electron chi connectivity index (χ1n) is 5.06. The average molecular weight is 232 g/mol. The van der Waals surface area contributed by atoms with Crippen molar-refractivity contribution in [3.8, 4) is 0 Å². The molecule has 0 aromatic rings. The molecule has 1 rings (SSSR count). The molecule has 6 nitrogen and oxygen atoms in total. The van der Waals surface area contributed by atoms with Gasteiger partial charge in [-0.25, -0.2) is 4.79 Å². The molecule has 0 saturated carbocycles. The van der Waals surface area contributed by atoms with E-state index in [1.165, 1.54) is 0 Å². The van der Waals surface area contributed by atoms with Gasteiger partial charge in [-0.3, -0.25) is 0 Å². The number of ether oxygens (including phenoxy) is 3. The van der Waals surface area contributed by atoms with Crippen molar-refractivity contribution in [1.82, 2.24) is 0 Å². The molecule has 1 saturated heterocycles. The molecule has 0 aromatic heterocycles. The highest BCUT2D eigenvalue weighted by Crippen LogP contribution is 2.18. The normalized spacial score (nSPS) is 29.8. The number of aliphatic hydroxyl groups excluding tert-OH is 2. The van der Waals surface area contributed by atoms with E-state index in [0.29, 0.717) is 12.8 Å². The highest BCUT2D eigenvalue weighted by molar-refractivity contribution is 5.81. The fraction of sp³-hybridized carbons (Fsp3) is 0.700. The Balaban J connectivity index is 2.16. The molecule has 6 heteroatoms. The Bertz CT molecular complexity index is 241. The van der Waals surface area contributed by atoms with Crippen LogP contribution in [0.3, 0.4) is 0 Å². The van der Waals surface area contributed by atoms with Crippen LogP contribution in [0, 0.1) is 0 Å². The quantitative estimate of drug-likeness (QED) is 0.379. The summed E-state index contributed by atoms with van der Waals surface area (Å²) in [5, 5.41) is 18.6. The first-order valence-corrected chi connectivity index (χ1v) is 5.06. The molecule has 1 aliphatic heterocycles. The van der Waals surface area contributed by atoms with Gasteiger partial charge < -0.3 is 24.4 Å². The second-order valence-electron chi connectivity index (χ2n) is 3.35. The lowest BCUT2D eigenvalue weighted by Gasteiger charge is -2.30. The Morgan fingerprint density at radius 3 is 2.88 bits per heavy atom. The van der Waals surface area contributed by atoms with Gasteiger partial charge in [-0.2, -0.15) is 0 Å². The predicted molar refractivity (Wildman–Crippen MR) is 53.2 cm³/mol. The zero-order valence-corrected chi connectivity index (χ0v) is 8.87. The van der Waals surface area contributed by atoms with Crippen LogP contribution in [0.2, 0.25) is 0 Å². The highest BCUT2D eigenvalue weighted by Gasteiger charge is 2.29. The van der Waals surface area contributed by atoms with E-state index in [-0.39, 0.29) is 13.2 Å². The summed E-state index contributed by atoms with van der Waals surface area (Å²) in [6, 6.07) is 0. The smallest absolute Gasteiger partial charge is 0.330 e. The molecule has 3 unspecified atom stereocenters. The summed E-state index contributed by atoms with van der Waals surface area (Å²) in [6.45, 7) is 3.38. The van der Waals surface area contributed by atoms with Crippen molar-refractivity contribution in [3.63, 3.8) is 0 Å². The van der Waals surface area contributed by atoms with E-state index in [0.717, 1.165) is 6.08 Å². The van der Waals surface area contributed by atoms with Crippen LogP contribution in [0.4, 0.5) is 0 Å². The van der Waals surface area contributed by atoms with Crippen LogP contribution >= 0.6 is 0 Å². The summed E-state index contributed by atoms with van der Waals surface area (Å²) in [4.78, 5) is 10.7. The van der Waals surface area contributed by atoms with Crippen LogP contribution in [0.5, 0.6) is 0 Å². The second kappa shape index (κ2) is 6.59. The molecule has 0 aromatic carbocycles. The molecule has 1 fully saturated rings. The fourth-order valence-corrected chi connectivity index (χ4v) is 1.28. The Labute approximate surface area is 93.4 Å². The predicted octanol–water partition coefficient (Wildman–Crippen LogP) is -0.452. The SMILES string of the molecule is C=CC(=O)OCCOC1OC(O)CCC1O. The lowest BCUT2D eigenvalue weighted by atomic mass is 10.1. The van der Waals surface area contributed by atoms with Crippen molar-refractivity contribution in [2.45, 2.75) is 31.5 Å². The number of aliphatic hydroxyl groups is 2. The van der Waals surface area contributed by atoms with Crippen molar-refractivity contribution in [2.75, 3.05) is 13.2 Å². The number of carbonyl (C=O) groups is 1. The summed E-state index contributed by atoms with van der Waals surface area (Å²) in [6.07, 6.45) is -0.700. The van der Waals surface area contributed by atoms with Gasteiger partial charge in [0, 0.05) is 12.5 Å². The first kappa shape index (κ1) is 13.1. The van der Waals surface area contributed by atoms with Crippen molar-refractivity contribution < 1.29 is 29.2 Å². The van der Waals surface area contributed by atoms with Gasteiger partial charge in [0.05, 0.1) is 6.61 Å². The van der Waals surface area contributed by atoms with E-state index in [1.54, 1.807) is 0 Å². The Morgan fingerprint density at radius 1 is 1.44 bits per heavy atom. The highest BCUT2D eigenvalue weighted by atomic mass is 16.7. The number of hydrogen-bond acceptors (Lipinski definition) is 6. The van der Waals surface area contributed by atoms with Crippen LogP contribution in [-0.2, 0) is 19.0 Å². The topological polar surface area (TPSA) is 85.2 Å².